The van der Waals surface area contributed by atoms with Gasteiger partial charge < -0.3 is 15.2 Å². The van der Waals surface area contributed by atoms with Gasteiger partial charge in [-0.3, -0.25) is 9.59 Å². The van der Waals surface area contributed by atoms with E-state index in [0.717, 1.165) is 11.5 Å². The van der Waals surface area contributed by atoms with Gasteiger partial charge in [0.25, 0.3) is 0 Å². The molecule has 0 aliphatic carbocycles. The molecular formula is C19H35NO4. The number of carbonyl (C=O) groups is 2. The van der Waals surface area contributed by atoms with Crippen molar-refractivity contribution in [3.8, 4) is 0 Å². The highest BCUT2D eigenvalue weighted by atomic mass is 16.5. The lowest BCUT2D eigenvalue weighted by Gasteiger charge is -2.05. The van der Waals surface area contributed by atoms with Crippen molar-refractivity contribution in [1.82, 2.24) is 0 Å². The molecule has 0 bridgehead atoms. The first-order chi connectivity index (χ1) is 11.3. The van der Waals surface area contributed by atoms with E-state index in [1.165, 1.54) is 6.92 Å². The second kappa shape index (κ2) is 19.0. The highest BCUT2D eigenvalue weighted by Gasteiger charge is 2.13. The van der Waals surface area contributed by atoms with Crippen LogP contribution in [0.3, 0.4) is 0 Å². The predicted molar refractivity (Wildman–Crippen MR) is 100 cm³/mol. The third-order valence-corrected chi connectivity index (χ3v) is 2.75. The monoisotopic (exact) mass is 341 g/mol. The summed E-state index contributed by atoms with van der Waals surface area (Å²) in [5.74, 6) is 0.257. The van der Waals surface area contributed by atoms with E-state index in [1.54, 1.807) is 21.0 Å². The van der Waals surface area contributed by atoms with Gasteiger partial charge in [-0.05, 0) is 26.8 Å². The number of hydrogen-bond acceptors (Lipinski definition) is 5. The maximum atomic E-state index is 10.8. The number of nitrogens with two attached hydrogens (primary N) is 1. The fourth-order valence-electron chi connectivity index (χ4n) is 1.12. The van der Waals surface area contributed by atoms with Crippen LogP contribution in [0.5, 0.6) is 0 Å². The number of ether oxygens (including phenoxy) is 2. The second-order valence-corrected chi connectivity index (χ2v) is 4.66. The molecule has 2 N–H and O–H groups in total. The number of esters is 1. The summed E-state index contributed by atoms with van der Waals surface area (Å²) in [4.78, 5) is 21.5. The Kier molecular flexibility index (Phi) is 21.3. The molecule has 0 saturated carbocycles. The summed E-state index contributed by atoms with van der Waals surface area (Å²) in [5, 5.41) is 0. The van der Waals surface area contributed by atoms with E-state index >= 15 is 0 Å². The van der Waals surface area contributed by atoms with E-state index < -0.39 is 0 Å². The van der Waals surface area contributed by atoms with Crippen molar-refractivity contribution in [2.45, 2.75) is 54.4 Å². The maximum Gasteiger partial charge on any atom is 0.306 e. The smallest absolute Gasteiger partial charge is 0.306 e. The lowest BCUT2D eigenvalue weighted by atomic mass is 10.0. The average molecular weight is 341 g/mol. The summed E-state index contributed by atoms with van der Waals surface area (Å²) in [5.41, 5.74) is 6.26. The molecule has 0 heterocycles. The third kappa shape index (κ3) is 20.0. The van der Waals surface area contributed by atoms with Crippen LogP contribution in [0, 0.1) is 5.92 Å². The quantitative estimate of drug-likeness (QED) is 0.408. The number of carbonyl (C=O) groups excluding carboxylic acids is 2. The predicted octanol–water partition coefficient (Wildman–Crippen LogP) is 4.15. The van der Waals surface area contributed by atoms with E-state index in [4.69, 9.17) is 10.5 Å². The lowest BCUT2D eigenvalue weighted by molar-refractivity contribution is -0.145. The van der Waals surface area contributed by atoms with Crippen molar-refractivity contribution in [3.05, 3.63) is 36.3 Å². The molecule has 0 fully saturated rings. The largest absolute Gasteiger partial charge is 0.501 e. The van der Waals surface area contributed by atoms with E-state index in [-0.39, 0.29) is 24.1 Å². The van der Waals surface area contributed by atoms with Crippen LogP contribution >= 0.6 is 0 Å². The van der Waals surface area contributed by atoms with Gasteiger partial charge in [-0.1, -0.05) is 39.5 Å². The van der Waals surface area contributed by atoms with E-state index in [0.29, 0.717) is 13.0 Å². The summed E-state index contributed by atoms with van der Waals surface area (Å²) in [6, 6.07) is 0. The first kappa shape index (κ1) is 26.8. The molecular weight excluding hydrogens is 306 g/mol. The highest BCUT2D eigenvalue weighted by Crippen LogP contribution is 2.03. The van der Waals surface area contributed by atoms with E-state index in [1.807, 2.05) is 39.0 Å². The fourth-order valence-corrected chi connectivity index (χ4v) is 1.12. The molecule has 0 saturated heterocycles. The molecule has 0 aromatic carbocycles. The van der Waals surface area contributed by atoms with Crippen LogP contribution in [0.2, 0.25) is 0 Å². The second-order valence-electron chi connectivity index (χ2n) is 4.66. The van der Waals surface area contributed by atoms with Gasteiger partial charge in [0.1, 0.15) is 5.78 Å². The Bertz CT molecular complexity index is 412. The molecule has 0 radical (unpaired) electrons. The summed E-state index contributed by atoms with van der Waals surface area (Å²) in [7, 11) is 1.61. The van der Waals surface area contributed by atoms with Crippen LogP contribution in [0.25, 0.3) is 0 Å². The molecule has 0 spiro atoms. The molecule has 0 aromatic rings. The Morgan fingerprint density at radius 3 is 2.21 bits per heavy atom. The first-order valence-electron chi connectivity index (χ1n) is 8.24. The Hall–Kier alpha value is -2.04. The topological polar surface area (TPSA) is 78.6 Å². The number of hydrogen-bond donors (Lipinski definition) is 1. The maximum absolute atomic E-state index is 10.8. The molecule has 0 aliphatic rings. The van der Waals surface area contributed by atoms with Crippen molar-refractivity contribution in [2.75, 3.05) is 13.7 Å². The minimum Gasteiger partial charge on any atom is -0.501 e. The average Bonchev–Trinajstić information content (AvgIpc) is 2.56. The molecule has 0 amide bonds. The Labute approximate surface area is 147 Å². The van der Waals surface area contributed by atoms with E-state index in [2.05, 4.69) is 11.3 Å². The van der Waals surface area contributed by atoms with Crippen molar-refractivity contribution in [3.63, 3.8) is 0 Å². The summed E-state index contributed by atoms with van der Waals surface area (Å²) in [6.45, 7) is 14.9. The van der Waals surface area contributed by atoms with Gasteiger partial charge in [-0.25, -0.2) is 0 Å². The van der Waals surface area contributed by atoms with Gasteiger partial charge in [0.2, 0.25) is 0 Å². The Morgan fingerprint density at radius 2 is 1.83 bits per heavy atom. The number of allylic oxidation sites excluding steroid dienone is 3. The zero-order valence-corrected chi connectivity index (χ0v) is 16.3. The third-order valence-electron chi connectivity index (χ3n) is 2.75. The normalized spacial score (nSPS) is 11.4. The fraction of sp³-hybridized carbons (Fsp3) is 0.579. The summed E-state index contributed by atoms with van der Waals surface area (Å²) >= 11 is 0. The molecule has 1 unspecified atom stereocenters. The van der Waals surface area contributed by atoms with Gasteiger partial charge in [0, 0.05) is 18.0 Å². The molecule has 140 valence electrons. The Balaban J connectivity index is -0.000000333. The van der Waals surface area contributed by atoms with Crippen LogP contribution < -0.4 is 5.73 Å². The van der Waals surface area contributed by atoms with Crippen molar-refractivity contribution >= 4 is 11.8 Å². The van der Waals surface area contributed by atoms with Gasteiger partial charge in [0.15, 0.2) is 0 Å². The van der Waals surface area contributed by atoms with Gasteiger partial charge in [-0.2, -0.15) is 0 Å². The lowest BCUT2D eigenvalue weighted by Crippen LogP contribution is -2.14. The van der Waals surface area contributed by atoms with Crippen molar-refractivity contribution in [1.29, 1.82) is 0 Å². The number of Topliss-reactive ketones (excluding diaryl/α,β-unsaturated/α-hetero) is 1. The summed E-state index contributed by atoms with van der Waals surface area (Å²) in [6.07, 6.45) is 6.51. The van der Waals surface area contributed by atoms with Crippen molar-refractivity contribution in [2.24, 2.45) is 11.7 Å². The molecule has 24 heavy (non-hydrogen) atoms. The number of ketones is 1. The van der Waals surface area contributed by atoms with Gasteiger partial charge >= 0.3 is 5.97 Å². The molecule has 0 aromatic heterocycles. The van der Waals surface area contributed by atoms with Gasteiger partial charge in [0.05, 0.1) is 25.9 Å². The van der Waals surface area contributed by atoms with E-state index in [9.17, 15) is 9.59 Å². The minimum absolute atomic E-state index is 0.0260. The molecule has 0 rings (SSSR count). The van der Waals surface area contributed by atoms with Crippen LogP contribution in [0.4, 0.5) is 0 Å². The Morgan fingerprint density at radius 1 is 1.29 bits per heavy atom. The zero-order chi connectivity index (χ0) is 19.5. The SMILES string of the molecule is C=C(CC=C/C(N)=C\C)OC.CC.CCOC(=O)CC(C)C(C)=O. The van der Waals surface area contributed by atoms with Crippen LogP contribution in [-0.4, -0.2) is 25.5 Å². The molecule has 5 heteroatoms. The minimum atomic E-state index is -0.296. The first-order valence-corrected chi connectivity index (χ1v) is 8.24. The molecule has 5 nitrogen and oxygen atoms in total. The number of rotatable bonds is 8. The van der Waals surface area contributed by atoms with Crippen LogP contribution in [-0.2, 0) is 19.1 Å². The number of methoxy groups -OCH3 is 1. The standard InChI is InChI=1S/C9H15NO.C8H14O3.C2H6/c1-4-9(10)7-5-6-8(2)11-3;1-4-11-8(10)5-6(2)7(3)9;1-2/h4-5,7H,2,6,10H2,1,3H3;6H,4-5H2,1-3H3;1-2H3/b7-5?,9-4+;;. The van der Waals surface area contributed by atoms with Crippen LogP contribution in [0.15, 0.2) is 36.3 Å². The highest BCUT2D eigenvalue weighted by molar-refractivity contribution is 5.83. The van der Waals surface area contributed by atoms with Crippen LogP contribution in [0.1, 0.15) is 54.4 Å². The van der Waals surface area contributed by atoms with Gasteiger partial charge in [-0.15, -0.1) is 0 Å². The van der Waals surface area contributed by atoms with Crippen molar-refractivity contribution < 1.29 is 19.1 Å². The molecule has 1 atom stereocenters. The summed E-state index contributed by atoms with van der Waals surface area (Å²) < 4.78 is 9.53. The molecule has 0 aliphatic heterocycles. The zero-order valence-electron chi connectivity index (χ0n) is 16.3.